The first-order chi connectivity index (χ1) is 22.0. The van der Waals surface area contributed by atoms with E-state index in [-0.39, 0.29) is 27.8 Å². The molecule has 0 aliphatic heterocycles. The molecule has 0 atom stereocenters. The number of rotatable bonds is 3. The van der Waals surface area contributed by atoms with E-state index in [2.05, 4.69) is 19.3 Å². The highest BCUT2D eigenvalue weighted by Crippen LogP contribution is 2.57. The maximum absolute atomic E-state index is 17.0. The second-order valence-electron chi connectivity index (χ2n) is 9.66. The topological polar surface area (TPSA) is 93.7 Å². The van der Waals surface area contributed by atoms with E-state index in [4.69, 9.17) is 19.7 Å². The summed E-state index contributed by atoms with van der Waals surface area (Å²) in [6.45, 7) is 24.9. The highest BCUT2D eigenvalue weighted by atomic mass is 19.4. The van der Waals surface area contributed by atoms with Gasteiger partial charge in [0.05, 0.1) is 37.4 Å². The van der Waals surface area contributed by atoms with Gasteiger partial charge in [0.25, 0.3) is 11.4 Å². The first kappa shape index (κ1) is 30.5. The molecule has 46 heavy (non-hydrogen) atoms. The Balaban J connectivity index is 1.93. The van der Waals surface area contributed by atoms with Crippen molar-refractivity contribution in [3.8, 4) is 24.0 Å². The smallest absolute Gasteiger partial charge is 0.406 e. The SMILES string of the molecule is [C-]#[N+]C1=C(c2ccc(C)cc2)/C(=C(/C#N)[N+]#[C-])c2c(F)c3c(c(F)c21)/C(=C(/C#N)[N+]#[C-])C(c1ccc(OC(F)(F)F)cc1)=C3C#N. The Hall–Kier alpha value is -6.99. The lowest BCUT2D eigenvalue weighted by Gasteiger charge is -2.15. The van der Waals surface area contributed by atoms with Gasteiger partial charge in [0.2, 0.25) is 5.70 Å². The van der Waals surface area contributed by atoms with Crippen LogP contribution in [-0.2, 0) is 0 Å². The van der Waals surface area contributed by atoms with E-state index in [1.165, 1.54) is 0 Å². The number of nitriles is 3. The molecule has 3 aromatic carbocycles. The largest absolute Gasteiger partial charge is 0.573 e. The summed E-state index contributed by atoms with van der Waals surface area (Å²) < 4.78 is 76.1. The summed E-state index contributed by atoms with van der Waals surface area (Å²) in [7, 11) is 0. The lowest BCUT2D eigenvalue weighted by atomic mass is 9.90. The molecule has 2 aliphatic rings. The fourth-order valence-electron chi connectivity index (χ4n) is 5.44. The zero-order chi connectivity index (χ0) is 33.5. The van der Waals surface area contributed by atoms with Crippen LogP contribution in [0.4, 0.5) is 22.0 Å². The van der Waals surface area contributed by atoms with Crippen molar-refractivity contribution in [1.29, 1.82) is 15.8 Å². The highest BCUT2D eigenvalue weighted by Gasteiger charge is 2.43. The Morgan fingerprint density at radius 2 is 1.20 bits per heavy atom. The molecule has 12 heteroatoms. The summed E-state index contributed by atoms with van der Waals surface area (Å²) in [5.41, 5.74) is -5.44. The van der Waals surface area contributed by atoms with Crippen molar-refractivity contribution in [2.75, 3.05) is 0 Å². The van der Waals surface area contributed by atoms with Crippen LogP contribution in [0.5, 0.6) is 5.75 Å². The number of hydrogen-bond donors (Lipinski definition) is 0. The van der Waals surface area contributed by atoms with Crippen LogP contribution in [-0.4, -0.2) is 6.36 Å². The van der Waals surface area contributed by atoms with Crippen molar-refractivity contribution in [3.05, 3.63) is 145 Å². The Labute approximate surface area is 258 Å². The first-order valence-corrected chi connectivity index (χ1v) is 12.8. The van der Waals surface area contributed by atoms with Gasteiger partial charge in [-0.3, -0.25) is 0 Å². The third-order valence-electron chi connectivity index (χ3n) is 7.20. The summed E-state index contributed by atoms with van der Waals surface area (Å²) in [4.78, 5) is 9.79. The Bertz CT molecular complexity index is 2250. The van der Waals surface area contributed by atoms with Gasteiger partial charge in [0.1, 0.15) is 23.5 Å². The quantitative estimate of drug-likeness (QED) is 0.168. The number of halogens is 5. The van der Waals surface area contributed by atoms with Crippen LogP contribution >= 0.6 is 0 Å². The number of allylic oxidation sites excluding steroid dienone is 7. The summed E-state index contributed by atoms with van der Waals surface area (Å²) in [5.74, 6) is -3.25. The molecular weight excluding hydrogens is 603 g/mol. The van der Waals surface area contributed by atoms with Crippen LogP contribution < -0.4 is 4.74 Å². The number of fused-ring (bicyclic) bond motifs is 2. The average molecular weight is 614 g/mol. The first-order valence-electron chi connectivity index (χ1n) is 12.8. The van der Waals surface area contributed by atoms with E-state index >= 15 is 8.78 Å². The minimum Gasteiger partial charge on any atom is -0.406 e. The van der Waals surface area contributed by atoms with Crippen molar-refractivity contribution < 1.29 is 26.7 Å². The van der Waals surface area contributed by atoms with Gasteiger partial charge >= 0.3 is 6.36 Å². The van der Waals surface area contributed by atoms with E-state index < -0.39 is 74.2 Å². The van der Waals surface area contributed by atoms with Crippen LogP contribution in [0, 0.1) is 72.3 Å². The van der Waals surface area contributed by atoms with Gasteiger partial charge in [-0.15, -0.1) is 13.2 Å². The third-order valence-corrected chi connectivity index (χ3v) is 7.20. The van der Waals surface area contributed by atoms with Crippen LogP contribution in [0.15, 0.2) is 59.9 Å². The molecule has 5 rings (SSSR count). The van der Waals surface area contributed by atoms with E-state index in [0.717, 1.165) is 29.8 Å². The Morgan fingerprint density at radius 1 is 0.717 bits per heavy atom. The molecule has 0 amide bonds. The minimum atomic E-state index is -5.03. The molecular formula is C34H11F5N6O. The van der Waals surface area contributed by atoms with Crippen LogP contribution in [0.3, 0.4) is 0 Å². The van der Waals surface area contributed by atoms with E-state index in [1.54, 1.807) is 49.4 Å². The summed E-state index contributed by atoms with van der Waals surface area (Å²) in [5, 5.41) is 29.9. The van der Waals surface area contributed by atoms with Gasteiger partial charge < -0.3 is 4.74 Å². The average Bonchev–Trinajstić information content (AvgIpc) is 3.56. The van der Waals surface area contributed by atoms with E-state index in [9.17, 15) is 29.0 Å². The maximum atomic E-state index is 17.0. The molecule has 0 aromatic heterocycles. The lowest BCUT2D eigenvalue weighted by molar-refractivity contribution is -0.274. The normalized spacial score (nSPS) is 15.4. The molecule has 0 unspecified atom stereocenters. The summed E-state index contributed by atoms with van der Waals surface area (Å²) >= 11 is 0. The van der Waals surface area contributed by atoms with Gasteiger partial charge in [-0.05, 0) is 46.9 Å². The van der Waals surface area contributed by atoms with Crippen LogP contribution in [0.2, 0.25) is 0 Å². The van der Waals surface area contributed by atoms with Gasteiger partial charge in [0.15, 0.2) is 0 Å². The maximum Gasteiger partial charge on any atom is 0.573 e. The number of nitrogens with zero attached hydrogens (tertiary/aromatic N) is 6. The van der Waals surface area contributed by atoms with Gasteiger partial charge in [0, 0.05) is 27.8 Å². The molecule has 2 aliphatic carbocycles. The van der Waals surface area contributed by atoms with Gasteiger partial charge in [-0.1, -0.05) is 42.0 Å². The molecule has 7 nitrogen and oxygen atoms in total. The number of hydrogen-bond acceptors (Lipinski definition) is 4. The molecule has 218 valence electrons. The molecule has 0 saturated carbocycles. The molecule has 0 saturated heterocycles. The highest BCUT2D eigenvalue weighted by molar-refractivity contribution is 6.29. The van der Waals surface area contributed by atoms with Crippen molar-refractivity contribution in [3.63, 3.8) is 0 Å². The van der Waals surface area contributed by atoms with Crippen molar-refractivity contribution in [2.45, 2.75) is 13.3 Å². The lowest BCUT2D eigenvalue weighted by Crippen LogP contribution is -2.17. The predicted octanol–water partition coefficient (Wildman–Crippen LogP) is 8.73. The zero-order valence-corrected chi connectivity index (χ0v) is 23.1. The van der Waals surface area contributed by atoms with Crippen LogP contribution in [0.1, 0.15) is 38.9 Å². The van der Waals surface area contributed by atoms with Gasteiger partial charge in [-0.2, -0.15) is 5.26 Å². The van der Waals surface area contributed by atoms with Crippen molar-refractivity contribution in [2.24, 2.45) is 0 Å². The fourth-order valence-corrected chi connectivity index (χ4v) is 5.44. The molecule has 0 spiro atoms. The summed E-state index contributed by atoms with van der Waals surface area (Å²) in [6, 6.07) is 15.3. The van der Waals surface area contributed by atoms with E-state index in [0.29, 0.717) is 0 Å². The third kappa shape index (κ3) is 4.61. The standard InChI is InChI=1S/C34H11F5N6O/c1-16-5-7-18(8-6-16)24-27(22(15-42)44-3)29-30(33(24)45-4)32(36)28-25(31(29)35)20(13-40)23(26(28)21(14-41)43-2)17-9-11-19(12-10-17)46-34(37,38)39/h5-12H,1H3/b26-21-,27-22+. The molecule has 3 aromatic rings. The molecule has 0 heterocycles. The Morgan fingerprint density at radius 3 is 1.67 bits per heavy atom. The Kier molecular flexibility index (Phi) is 7.46. The monoisotopic (exact) mass is 614 g/mol. The van der Waals surface area contributed by atoms with Crippen molar-refractivity contribution >= 4 is 33.6 Å². The molecule has 0 radical (unpaired) electrons. The minimum absolute atomic E-state index is 0.0800. The second-order valence-corrected chi connectivity index (χ2v) is 9.66. The number of aryl methyl sites for hydroxylation is 1. The zero-order valence-electron chi connectivity index (χ0n) is 23.1. The number of alkyl halides is 3. The van der Waals surface area contributed by atoms with E-state index in [1.807, 2.05) is 0 Å². The number of ether oxygens (including phenoxy) is 1. The van der Waals surface area contributed by atoms with Crippen molar-refractivity contribution in [1.82, 2.24) is 0 Å². The second kappa shape index (κ2) is 11.3. The summed E-state index contributed by atoms with van der Waals surface area (Å²) in [6.07, 6.45) is -5.03. The molecule has 0 bridgehead atoms. The molecule has 0 fully saturated rings. The fraction of sp³-hybridized carbons (Fsp3) is 0.0588. The van der Waals surface area contributed by atoms with Crippen LogP contribution in [0.25, 0.3) is 48.1 Å². The number of benzene rings is 3. The molecule has 0 N–H and O–H groups in total. The predicted molar refractivity (Wildman–Crippen MR) is 155 cm³/mol. The van der Waals surface area contributed by atoms with Gasteiger partial charge in [-0.25, -0.2) is 33.8 Å².